The van der Waals surface area contributed by atoms with Crippen LogP contribution in [0.4, 0.5) is 22.0 Å². The molecule has 1 aromatic rings. The quantitative estimate of drug-likeness (QED) is 0.397. The van der Waals surface area contributed by atoms with Crippen molar-refractivity contribution in [2.24, 2.45) is 17.8 Å². The summed E-state index contributed by atoms with van der Waals surface area (Å²) < 4.78 is 79.8. The van der Waals surface area contributed by atoms with E-state index in [1.165, 1.54) is 44.6 Å². The van der Waals surface area contributed by atoms with E-state index < -0.39 is 30.4 Å². The van der Waals surface area contributed by atoms with E-state index in [0.717, 1.165) is 18.1 Å². The average Bonchev–Trinajstić information content (AvgIpc) is 2.75. The van der Waals surface area contributed by atoms with Gasteiger partial charge in [0.1, 0.15) is 0 Å². The van der Waals surface area contributed by atoms with Crippen LogP contribution in [0.5, 0.6) is 5.75 Å². The summed E-state index contributed by atoms with van der Waals surface area (Å²) in [5, 5.41) is 0. The molecule has 0 radical (unpaired) electrons. The normalized spacial score (nSPS) is 27.5. The van der Waals surface area contributed by atoms with Crippen molar-refractivity contribution < 1.29 is 36.2 Å². The van der Waals surface area contributed by atoms with Gasteiger partial charge in [0.15, 0.2) is 17.9 Å². The highest BCUT2D eigenvalue weighted by Gasteiger charge is 2.44. The summed E-state index contributed by atoms with van der Waals surface area (Å²) in [7, 11) is 0. The maximum absolute atomic E-state index is 14.0. The fourth-order valence-electron chi connectivity index (χ4n) is 4.61. The van der Waals surface area contributed by atoms with Crippen molar-refractivity contribution in [2.75, 3.05) is 13.2 Å². The lowest BCUT2D eigenvalue weighted by Crippen LogP contribution is -2.37. The van der Waals surface area contributed by atoms with Crippen LogP contribution in [-0.2, 0) is 15.9 Å². The van der Waals surface area contributed by atoms with Crippen LogP contribution in [0.2, 0.25) is 0 Å². The van der Waals surface area contributed by atoms with E-state index in [2.05, 4.69) is 11.7 Å². The van der Waals surface area contributed by atoms with Crippen LogP contribution >= 0.6 is 0 Å². The van der Waals surface area contributed by atoms with Gasteiger partial charge in [0, 0.05) is 12.3 Å². The highest BCUT2D eigenvalue weighted by Crippen LogP contribution is 2.37. The van der Waals surface area contributed by atoms with Gasteiger partial charge >= 0.3 is 12.5 Å². The smallest absolute Gasteiger partial charge is 0.425 e. The number of aryl methyl sites for hydroxylation is 1. The van der Waals surface area contributed by atoms with Crippen LogP contribution in [0, 0.1) is 23.6 Å². The number of hydrogen-bond acceptors (Lipinski definition) is 3. The van der Waals surface area contributed by atoms with Crippen LogP contribution < -0.4 is 4.74 Å². The Hall–Kier alpha value is -1.41. The molecule has 1 aliphatic heterocycles. The van der Waals surface area contributed by atoms with E-state index in [4.69, 9.17) is 9.47 Å². The van der Waals surface area contributed by atoms with Gasteiger partial charge in [-0.2, -0.15) is 17.6 Å². The van der Waals surface area contributed by atoms with Gasteiger partial charge in [0.05, 0.1) is 13.2 Å². The Labute approximate surface area is 180 Å². The van der Waals surface area contributed by atoms with Gasteiger partial charge < -0.3 is 14.2 Å². The average molecular weight is 450 g/mol. The first-order valence-electron chi connectivity index (χ1n) is 11.1. The summed E-state index contributed by atoms with van der Waals surface area (Å²) in [4.78, 5) is 0. The molecule has 0 bridgehead atoms. The number of alkyl halides is 4. The molecule has 1 heterocycles. The third-order valence-corrected chi connectivity index (χ3v) is 6.41. The van der Waals surface area contributed by atoms with Gasteiger partial charge in [0.2, 0.25) is 0 Å². The van der Waals surface area contributed by atoms with Crippen molar-refractivity contribution in [1.82, 2.24) is 0 Å². The van der Waals surface area contributed by atoms with E-state index >= 15 is 0 Å². The second-order valence-corrected chi connectivity index (χ2v) is 8.69. The fourth-order valence-corrected chi connectivity index (χ4v) is 4.61. The highest BCUT2D eigenvalue weighted by atomic mass is 19.3. The lowest BCUT2D eigenvalue weighted by atomic mass is 9.75. The van der Waals surface area contributed by atoms with Gasteiger partial charge in [-0.25, -0.2) is 4.39 Å². The molecule has 2 aliphatic rings. The molecule has 1 aliphatic carbocycles. The standard InChI is InChI=1S/C23H31F5O3/c1-2-3-15-4-8-17(9-5-15)18-13-29-21(30-14-18)11-7-16-6-10-20(19(24)12-16)31-23(27,28)22(25)26/h6,10,12,15,17-18,21-22H,2-5,7-9,11,13-14H2,1H3. The molecule has 0 N–H and O–H groups in total. The van der Waals surface area contributed by atoms with Crippen molar-refractivity contribution in [3.63, 3.8) is 0 Å². The number of rotatable bonds is 9. The minimum Gasteiger partial charge on any atom is -0.425 e. The Morgan fingerprint density at radius 1 is 1.03 bits per heavy atom. The molecule has 176 valence electrons. The molecule has 1 aromatic carbocycles. The van der Waals surface area contributed by atoms with E-state index in [0.29, 0.717) is 43.5 Å². The van der Waals surface area contributed by atoms with E-state index in [1.807, 2.05) is 0 Å². The molecule has 1 saturated heterocycles. The van der Waals surface area contributed by atoms with Crippen molar-refractivity contribution >= 4 is 0 Å². The summed E-state index contributed by atoms with van der Waals surface area (Å²) in [6.45, 7) is 3.53. The van der Waals surface area contributed by atoms with Gasteiger partial charge in [-0.15, -0.1) is 0 Å². The first kappa shape index (κ1) is 24.2. The highest BCUT2D eigenvalue weighted by molar-refractivity contribution is 5.29. The van der Waals surface area contributed by atoms with Crippen molar-refractivity contribution in [2.45, 2.75) is 77.1 Å². The van der Waals surface area contributed by atoms with E-state index in [1.54, 1.807) is 0 Å². The van der Waals surface area contributed by atoms with Gasteiger partial charge in [0.25, 0.3) is 0 Å². The molecule has 2 fully saturated rings. The summed E-state index contributed by atoms with van der Waals surface area (Å²) in [5.74, 6) is -0.109. The second-order valence-electron chi connectivity index (χ2n) is 8.69. The Balaban J connectivity index is 1.41. The zero-order valence-electron chi connectivity index (χ0n) is 17.8. The van der Waals surface area contributed by atoms with Crippen molar-refractivity contribution in [3.05, 3.63) is 29.6 Å². The molecule has 0 unspecified atom stereocenters. The zero-order chi connectivity index (χ0) is 22.4. The molecule has 0 aromatic heterocycles. The predicted octanol–water partition coefficient (Wildman–Crippen LogP) is 6.59. The van der Waals surface area contributed by atoms with E-state index in [-0.39, 0.29) is 0 Å². The number of halogens is 5. The number of hydrogen-bond donors (Lipinski definition) is 0. The Kier molecular flexibility index (Phi) is 8.56. The van der Waals surface area contributed by atoms with Crippen LogP contribution in [-0.4, -0.2) is 32.0 Å². The van der Waals surface area contributed by atoms with Crippen LogP contribution in [0.1, 0.15) is 57.4 Å². The summed E-state index contributed by atoms with van der Waals surface area (Å²) in [6, 6.07) is 3.33. The van der Waals surface area contributed by atoms with Gasteiger partial charge in [-0.1, -0.05) is 38.7 Å². The molecule has 31 heavy (non-hydrogen) atoms. The minimum atomic E-state index is -4.74. The number of ether oxygens (including phenoxy) is 3. The summed E-state index contributed by atoms with van der Waals surface area (Å²) in [5.41, 5.74) is 0.522. The third-order valence-electron chi connectivity index (χ3n) is 6.41. The molecule has 0 atom stereocenters. The van der Waals surface area contributed by atoms with E-state index in [9.17, 15) is 22.0 Å². The number of benzene rings is 1. The Bertz CT molecular complexity index is 684. The van der Waals surface area contributed by atoms with Gasteiger partial charge in [-0.3, -0.25) is 0 Å². The largest absolute Gasteiger partial charge is 0.461 e. The molecule has 8 heteroatoms. The molecule has 0 spiro atoms. The first-order chi connectivity index (χ1) is 14.8. The van der Waals surface area contributed by atoms with Gasteiger partial charge in [-0.05, 0) is 48.8 Å². The predicted molar refractivity (Wildman–Crippen MR) is 106 cm³/mol. The molecule has 3 rings (SSSR count). The Morgan fingerprint density at radius 2 is 1.71 bits per heavy atom. The maximum atomic E-state index is 14.0. The SMILES string of the molecule is CCCC1CCC(C2COC(CCc3ccc(OC(F)(F)C(F)F)c(F)c3)OC2)CC1. The summed E-state index contributed by atoms with van der Waals surface area (Å²) in [6.07, 6.45) is -0.697. The Morgan fingerprint density at radius 3 is 2.29 bits per heavy atom. The topological polar surface area (TPSA) is 27.7 Å². The maximum Gasteiger partial charge on any atom is 0.461 e. The van der Waals surface area contributed by atoms with Crippen molar-refractivity contribution in [1.29, 1.82) is 0 Å². The van der Waals surface area contributed by atoms with Crippen LogP contribution in [0.25, 0.3) is 0 Å². The van der Waals surface area contributed by atoms with Crippen LogP contribution in [0.3, 0.4) is 0 Å². The van der Waals surface area contributed by atoms with Crippen LogP contribution in [0.15, 0.2) is 18.2 Å². The molecule has 0 amide bonds. The molecule has 1 saturated carbocycles. The van der Waals surface area contributed by atoms with Crippen molar-refractivity contribution in [3.8, 4) is 5.75 Å². The fraction of sp³-hybridized carbons (Fsp3) is 0.739. The molecular formula is C23H31F5O3. The first-order valence-corrected chi connectivity index (χ1v) is 11.1. The minimum absolute atomic E-state index is 0.394. The third kappa shape index (κ3) is 6.78. The monoisotopic (exact) mass is 450 g/mol. The summed E-state index contributed by atoms with van der Waals surface area (Å²) >= 11 is 0. The molecular weight excluding hydrogens is 419 g/mol. The molecule has 3 nitrogen and oxygen atoms in total. The lowest BCUT2D eigenvalue weighted by Gasteiger charge is -2.37. The lowest BCUT2D eigenvalue weighted by molar-refractivity contribution is -0.254. The second kappa shape index (κ2) is 10.9. The zero-order valence-corrected chi connectivity index (χ0v) is 17.8.